The Labute approximate surface area is 176 Å². The molecule has 0 aromatic heterocycles. The molecule has 2 atom stereocenters. The highest BCUT2D eigenvalue weighted by molar-refractivity contribution is 6.08. The number of methoxy groups -OCH3 is 1. The van der Waals surface area contributed by atoms with E-state index in [4.69, 9.17) is 9.47 Å². The van der Waals surface area contributed by atoms with Crippen molar-refractivity contribution in [2.45, 2.75) is 63.9 Å². The van der Waals surface area contributed by atoms with Crippen molar-refractivity contribution in [3.8, 4) is 0 Å². The molecule has 2 aliphatic carbocycles. The van der Waals surface area contributed by atoms with Crippen molar-refractivity contribution < 1.29 is 23.9 Å². The van der Waals surface area contributed by atoms with Gasteiger partial charge in [-0.25, -0.2) is 4.79 Å². The number of carbonyl (C=O) groups is 3. The van der Waals surface area contributed by atoms with Crippen LogP contribution in [-0.2, 0) is 19.1 Å². The maximum absolute atomic E-state index is 13.2. The Balaban J connectivity index is 1.73. The molecule has 4 rings (SSSR count). The molecule has 1 aromatic rings. The quantitative estimate of drug-likeness (QED) is 0.698. The molecule has 6 heteroatoms. The number of hydrogen-bond donors (Lipinski definition) is 0. The fourth-order valence-corrected chi connectivity index (χ4v) is 4.86. The maximum atomic E-state index is 13.2. The summed E-state index contributed by atoms with van der Waals surface area (Å²) >= 11 is 0. The standard InChI is InChI=1S/C24H27NO5/c1-14-20(24(28)30-17-6-3-4-7-17)21(22-18(25-14)8-5-9-19(22)26)15-10-12-16(13-11-15)23(27)29-2/h10-13,17,20-21H,3-9H2,1-2H3/t20?,21-/m0/s1. The van der Waals surface area contributed by atoms with Crippen LogP contribution in [0.4, 0.5) is 0 Å². The molecule has 1 aliphatic heterocycles. The summed E-state index contributed by atoms with van der Waals surface area (Å²) < 4.78 is 10.6. The smallest absolute Gasteiger partial charge is 0.337 e. The van der Waals surface area contributed by atoms with Crippen LogP contribution in [0.15, 0.2) is 40.5 Å². The highest BCUT2D eigenvalue weighted by Crippen LogP contribution is 2.44. The highest BCUT2D eigenvalue weighted by Gasteiger charge is 2.43. The van der Waals surface area contributed by atoms with Gasteiger partial charge >= 0.3 is 11.9 Å². The molecule has 30 heavy (non-hydrogen) atoms. The van der Waals surface area contributed by atoms with Gasteiger partial charge in [0.15, 0.2) is 5.78 Å². The third-order valence-electron chi connectivity index (χ3n) is 6.36. The Morgan fingerprint density at radius 3 is 2.40 bits per heavy atom. The number of benzene rings is 1. The van der Waals surface area contributed by atoms with E-state index in [0.29, 0.717) is 23.3 Å². The van der Waals surface area contributed by atoms with Crippen LogP contribution in [-0.4, -0.2) is 36.6 Å². The van der Waals surface area contributed by atoms with Crippen LogP contribution >= 0.6 is 0 Å². The molecule has 3 aliphatic rings. The highest BCUT2D eigenvalue weighted by atomic mass is 16.5. The molecule has 0 spiro atoms. The molecule has 0 saturated heterocycles. The molecule has 0 bridgehead atoms. The van der Waals surface area contributed by atoms with Gasteiger partial charge in [-0.15, -0.1) is 0 Å². The van der Waals surface area contributed by atoms with Crippen molar-refractivity contribution in [2.24, 2.45) is 10.9 Å². The number of aliphatic imine (C=N–C) groups is 1. The Bertz CT molecular complexity index is 921. The Morgan fingerprint density at radius 2 is 1.73 bits per heavy atom. The number of ether oxygens (including phenoxy) is 2. The number of Topliss-reactive ketones (excluding diaryl/α,β-unsaturated/α-hetero) is 1. The molecule has 1 saturated carbocycles. The first kappa shape index (κ1) is 20.5. The summed E-state index contributed by atoms with van der Waals surface area (Å²) in [4.78, 5) is 42.6. The summed E-state index contributed by atoms with van der Waals surface area (Å²) in [5, 5.41) is 0. The third kappa shape index (κ3) is 3.83. The SMILES string of the molecule is COC(=O)c1ccc([C@@H]2C3=C(CCCC3=O)N=C(C)C2C(=O)OC2CCCC2)cc1. The summed E-state index contributed by atoms with van der Waals surface area (Å²) in [5.74, 6) is -1.75. The molecule has 1 fully saturated rings. The van der Waals surface area contributed by atoms with Crippen LogP contribution < -0.4 is 0 Å². The van der Waals surface area contributed by atoms with Gasteiger partial charge in [0, 0.05) is 29.3 Å². The summed E-state index contributed by atoms with van der Waals surface area (Å²) in [6.45, 7) is 1.85. The van der Waals surface area contributed by atoms with E-state index < -0.39 is 17.8 Å². The maximum Gasteiger partial charge on any atom is 0.337 e. The zero-order chi connectivity index (χ0) is 21.3. The van der Waals surface area contributed by atoms with Crippen LogP contribution in [0.2, 0.25) is 0 Å². The van der Waals surface area contributed by atoms with E-state index in [1.54, 1.807) is 24.3 Å². The van der Waals surface area contributed by atoms with Gasteiger partial charge in [0.2, 0.25) is 0 Å². The topological polar surface area (TPSA) is 82.0 Å². The van der Waals surface area contributed by atoms with Gasteiger partial charge in [-0.2, -0.15) is 0 Å². The van der Waals surface area contributed by atoms with Crippen molar-refractivity contribution in [1.82, 2.24) is 0 Å². The predicted octanol–water partition coefficient (Wildman–Crippen LogP) is 4.14. The van der Waals surface area contributed by atoms with Crippen molar-refractivity contribution in [2.75, 3.05) is 7.11 Å². The Hall–Kier alpha value is -2.76. The van der Waals surface area contributed by atoms with E-state index in [-0.39, 0.29) is 17.9 Å². The molecule has 1 unspecified atom stereocenters. The van der Waals surface area contributed by atoms with E-state index in [1.165, 1.54) is 7.11 Å². The molecule has 0 radical (unpaired) electrons. The summed E-state index contributed by atoms with van der Waals surface area (Å²) in [6, 6.07) is 6.96. The first-order chi connectivity index (χ1) is 14.5. The van der Waals surface area contributed by atoms with Gasteiger partial charge in [0.1, 0.15) is 12.0 Å². The van der Waals surface area contributed by atoms with Gasteiger partial charge in [-0.3, -0.25) is 14.6 Å². The number of hydrogen-bond acceptors (Lipinski definition) is 6. The number of allylic oxidation sites excluding steroid dienone is 2. The lowest BCUT2D eigenvalue weighted by Gasteiger charge is -2.35. The normalized spacial score (nSPS) is 24.3. The first-order valence-electron chi connectivity index (χ1n) is 10.7. The van der Waals surface area contributed by atoms with E-state index >= 15 is 0 Å². The number of esters is 2. The zero-order valence-electron chi connectivity index (χ0n) is 17.5. The zero-order valence-corrected chi connectivity index (χ0v) is 17.5. The molecule has 6 nitrogen and oxygen atoms in total. The molecule has 158 valence electrons. The number of carbonyl (C=O) groups excluding carboxylic acids is 3. The fourth-order valence-electron chi connectivity index (χ4n) is 4.86. The predicted molar refractivity (Wildman–Crippen MR) is 111 cm³/mol. The average Bonchev–Trinajstić information content (AvgIpc) is 3.25. The lowest BCUT2D eigenvalue weighted by atomic mass is 9.71. The van der Waals surface area contributed by atoms with Gasteiger partial charge in [0.25, 0.3) is 0 Å². The Kier molecular flexibility index (Phi) is 5.84. The second-order valence-electron chi connectivity index (χ2n) is 8.30. The number of ketones is 1. The molecule has 0 N–H and O–H groups in total. The molecule has 1 aromatic carbocycles. The van der Waals surface area contributed by atoms with Gasteiger partial charge in [-0.05, 0) is 63.1 Å². The molecular formula is C24H27NO5. The number of nitrogens with zero attached hydrogens (tertiary/aromatic N) is 1. The largest absolute Gasteiger partial charge is 0.465 e. The van der Waals surface area contributed by atoms with Crippen molar-refractivity contribution >= 4 is 23.4 Å². The van der Waals surface area contributed by atoms with E-state index in [2.05, 4.69) is 4.99 Å². The molecule has 0 amide bonds. The van der Waals surface area contributed by atoms with Crippen molar-refractivity contribution in [3.05, 3.63) is 46.7 Å². The fraction of sp³-hybridized carbons (Fsp3) is 0.500. The minimum absolute atomic E-state index is 0.0493. The van der Waals surface area contributed by atoms with Crippen molar-refractivity contribution in [3.63, 3.8) is 0 Å². The average molecular weight is 409 g/mol. The van der Waals surface area contributed by atoms with E-state index in [1.807, 2.05) is 6.92 Å². The summed E-state index contributed by atoms with van der Waals surface area (Å²) in [6.07, 6.45) is 5.85. The van der Waals surface area contributed by atoms with Crippen LogP contribution in [0.5, 0.6) is 0 Å². The van der Waals surface area contributed by atoms with Crippen LogP contribution in [0.3, 0.4) is 0 Å². The van der Waals surface area contributed by atoms with E-state index in [0.717, 1.165) is 49.8 Å². The second-order valence-corrected chi connectivity index (χ2v) is 8.30. The second kappa shape index (κ2) is 8.54. The van der Waals surface area contributed by atoms with Crippen molar-refractivity contribution in [1.29, 1.82) is 0 Å². The van der Waals surface area contributed by atoms with E-state index in [9.17, 15) is 14.4 Å². The molecule has 1 heterocycles. The van der Waals surface area contributed by atoms with Gasteiger partial charge < -0.3 is 9.47 Å². The molecular weight excluding hydrogens is 382 g/mol. The van der Waals surface area contributed by atoms with Gasteiger partial charge in [0.05, 0.1) is 12.7 Å². The van der Waals surface area contributed by atoms with Crippen LogP contribution in [0.1, 0.15) is 73.7 Å². The minimum Gasteiger partial charge on any atom is -0.465 e. The number of rotatable bonds is 4. The third-order valence-corrected chi connectivity index (χ3v) is 6.36. The minimum atomic E-state index is -0.629. The summed E-state index contributed by atoms with van der Waals surface area (Å²) in [5.41, 5.74) is 3.35. The Morgan fingerprint density at radius 1 is 1.03 bits per heavy atom. The first-order valence-corrected chi connectivity index (χ1v) is 10.7. The van der Waals surface area contributed by atoms with Gasteiger partial charge in [-0.1, -0.05) is 12.1 Å². The lowest BCUT2D eigenvalue weighted by molar-refractivity contribution is -0.151. The monoisotopic (exact) mass is 409 g/mol. The lowest BCUT2D eigenvalue weighted by Crippen LogP contribution is -2.38. The van der Waals surface area contributed by atoms with Crippen LogP contribution in [0.25, 0.3) is 0 Å². The van der Waals surface area contributed by atoms with Crippen LogP contribution in [0, 0.1) is 5.92 Å². The summed E-state index contributed by atoms with van der Waals surface area (Å²) in [7, 11) is 1.34.